The first-order valence-corrected chi connectivity index (χ1v) is 7.83. The van der Waals surface area contributed by atoms with Crippen LogP contribution in [0.4, 0.5) is 5.69 Å². The van der Waals surface area contributed by atoms with Gasteiger partial charge < -0.3 is 14.4 Å². The van der Waals surface area contributed by atoms with Crippen LogP contribution in [-0.4, -0.2) is 37.0 Å². The summed E-state index contributed by atoms with van der Waals surface area (Å²) in [4.78, 5) is 24.4. The zero-order valence-electron chi connectivity index (χ0n) is 14.8. The van der Waals surface area contributed by atoms with Crippen LogP contribution in [0.3, 0.4) is 0 Å². The first kappa shape index (κ1) is 19.0. The molecule has 0 saturated heterocycles. The Morgan fingerprint density at radius 1 is 1.19 bits per heavy atom. The molecule has 0 fully saturated rings. The number of ether oxygens (including phenoxy) is 2. The van der Waals surface area contributed by atoms with Crippen molar-refractivity contribution in [3.63, 3.8) is 0 Å². The number of methoxy groups -OCH3 is 2. The fourth-order valence-electron chi connectivity index (χ4n) is 2.40. The van der Waals surface area contributed by atoms with Gasteiger partial charge in [0.1, 0.15) is 11.5 Å². The molecule has 0 unspecified atom stereocenters. The largest absolute Gasteiger partial charge is 0.497 e. The molecule has 2 rings (SSSR count). The molecule has 0 spiro atoms. The summed E-state index contributed by atoms with van der Waals surface area (Å²) in [5.41, 5.74) is 1.15. The molecule has 0 aliphatic rings. The Bertz CT molecular complexity index is 832. The van der Waals surface area contributed by atoms with E-state index < -0.39 is 4.92 Å². The van der Waals surface area contributed by atoms with E-state index in [4.69, 9.17) is 9.47 Å². The minimum atomic E-state index is -0.476. The molecule has 136 valence electrons. The molecule has 7 nitrogen and oxygen atoms in total. The quantitative estimate of drug-likeness (QED) is 0.432. The average Bonchev–Trinajstić information content (AvgIpc) is 2.66. The fraction of sp³-hybridized carbons (Fsp3) is 0.211. The van der Waals surface area contributed by atoms with Crippen molar-refractivity contribution in [2.45, 2.75) is 6.54 Å². The van der Waals surface area contributed by atoms with E-state index in [0.717, 1.165) is 5.56 Å². The summed E-state index contributed by atoms with van der Waals surface area (Å²) in [6.45, 7) is 0.327. The number of benzene rings is 2. The predicted molar refractivity (Wildman–Crippen MR) is 98.2 cm³/mol. The monoisotopic (exact) mass is 356 g/mol. The number of rotatable bonds is 7. The number of nitro groups is 1. The maximum atomic E-state index is 12.3. The Kier molecular flexibility index (Phi) is 6.32. The molecule has 0 N–H and O–H groups in total. The van der Waals surface area contributed by atoms with Gasteiger partial charge in [0, 0.05) is 37.4 Å². The van der Waals surface area contributed by atoms with Crippen LogP contribution in [0.2, 0.25) is 0 Å². The van der Waals surface area contributed by atoms with E-state index in [1.54, 1.807) is 51.6 Å². The summed E-state index contributed by atoms with van der Waals surface area (Å²) in [5, 5.41) is 11.0. The van der Waals surface area contributed by atoms with Gasteiger partial charge >= 0.3 is 0 Å². The van der Waals surface area contributed by atoms with Gasteiger partial charge in [-0.15, -0.1) is 0 Å². The van der Waals surface area contributed by atoms with Gasteiger partial charge in [0.15, 0.2) is 0 Å². The molecule has 0 heterocycles. The number of nitro benzene ring substituents is 1. The minimum Gasteiger partial charge on any atom is -0.497 e. The first-order valence-electron chi connectivity index (χ1n) is 7.83. The van der Waals surface area contributed by atoms with Crippen LogP contribution in [0, 0.1) is 10.1 Å². The summed E-state index contributed by atoms with van der Waals surface area (Å²) in [6, 6.07) is 11.6. The van der Waals surface area contributed by atoms with E-state index in [1.165, 1.54) is 23.1 Å². The molecule has 0 saturated carbocycles. The highest BCUT2D eigenvalue weighted by Gasteiger charge is 2.13. The normalized spacial score (nSPS) is 10.6. The van der Waals surface area contributed by atoms with E-state index in [1.807, 2.05) is 6.07 Å². The van der Waals surface area contributed by atoms with E-state index in [9.17, 15) is 14.9 Å². The molecule has 0 aliphatic heterocycles. The molecule has 2 aromatic carbocycles. The van der Waals surface area contributed by atoms with Crippen LogP contribution in [0.1, 0.15) is 11.1 Å². The number of carbonyl (C=O) groups excluding carboxylic acids is 1. The van der Waals surface area contributed by atoms with Crippen LogP contribution in [0.25, 0.3) is 6.08 Å². The van der Waals surface area contributed by atoms with Crippen molar-refractivity contribution in [3.05, 3.63) is 69.8 Å². The molecule has 2 aromatic rings. The number of para-hydroxylation sites is 1. The zero-order valence-corrected chi connectivity index (χ0v) is 14.8. The number of hydrogen-bond donors (Lipinski definition) is 0. The van der Waals surface area contributed by atoms with Crippen molar-refractivity contribution in [2.24, 2.45) is 0 Å². The van der Waals surface area contributed by atoms with Gasteiger partial charge in [-0.2, -0.15) is 0 Å². The molecule has 0 bridgehead atoms. The van der Waals surface area contributed by atoms with Crippen molar-refractivity contribution in [3.8, 4) is 11.5 Å². The van der Waals surface area contributed by atoms with Crippen molar-refractivity contribution < 1.29 is 19.2 Å². The van der Waals surface area contributed by atoms with Crippen molar-refractivity contribution in [1.29, 1.82) is 0 Å². The highest BCUT2D eigenvalue weighted by atomic mass is 16.6. The van der Waals surface area contributed by atoms with Gasteiger partial charge in [-0.3, -0.25) is 14.9 Å². The van der Waals surface area contributed by atoms with Crippen molar-refractivity contribution in [2.75, 3.05) is 21.3 Å². The Labute approximate surface area is 151 Å². The van der Waals surface area contributed by atoms with Gasteiger partial charge in [-0.25, -0.2) is 0 Å². The molecule has 7 heteroatoms. The minimum absolute atomic E-state index is 0.0453. The van der Waals surface area contributed by atoms with Gasteiger partial charge in [-0.05, 0) is 24.3 Å². The third kappa shape index (κ3) is 4.60. The second-order valence-electron chi connectivity index (χ2n) is 5.52. The maximum absolute atomic E-state index is 12.3. The van der Waals surface area contributed by atoms with Crippen LogP contribution in [0.15, 0.2) is 48.5 Å². The van der Waals surface area contributed by atoms with E-state index in [2.05, 4.69) is 0 Å². The van der Waals surface area contributed by atoms with Gasteiger partial charge in [0.25, 0.3) is 5.69 Å². The second kappa shape index (κ2) is 8.66. The summed E-state index contributed by atoms with van der Waals surface area (Å²) in [5.74, 6) is 1.00. The summed E-state index contributed by atoms with van der Waals surface area (Å²) in [7, 11) is 4.77. The topological polar surface area (TPSA) is 81.9 Å². The van der Waals surface area contributed by atoms with Crippen molar-refractivity contribution in [1.82, 2.24) is 4.90 Å². The van der Waals surface area contributed by atoms with Crippen LogP contribution in [0.5, 0.6) is 11.5 Å². The summed E-state index contributed by atoms with van der Waals surface area (Å²) in [6.07, 6.45) is 2.76. The molecule has 0 aromatic heterocycles. The average molecular weight is 356 g/mol. The standard InChI is InChI=1S/C19H20N2O5/c1-20(13-15-8-10-16(25-2)12-18(15)26-3)19(22)11-9-14-6-4-5-7-17(14)21(23)24/h4-12H,13H2,1-3H3/b11-9+. The first-order chi connectivity index (χ1) is 12.5. The van der Waals surface area contributed by atoms with Gasteiger partial charge in [0.2, 0.25) is 5.91 Å². The van der Waals surface area contributed by atoms with Crippen LogP contribution in [-0.2, 0) is 11.3 Å². The number of hydrogen-bond acceptors (Lipinski definition) is 5. The molecular formula is C19H20N2O5. The smallest absolute Gasteiger partial charge is 0.276 e. The third-order valence-electron chi connectivity index (χ3n) is 3.82. The van der Waals surface area contributed by atoms with E-state index >= 15 is 0 Å². The fourth-order valence-corrected chi connectivity index (χ4v) is 2.40. The number of amides is 1. The highest BCUT2D eigenvalue weighted by molar-refractivity contribution is 5.92. The molecule has 26 heavy (non-hydrogen) atoms. The Hall–Kier alpha value is -3.35. The second-order valence-corrected chi connectivity index (χ2v) is 5.52. The summed E-state index contributed by atoms with van der Waals surface area (Å²) >= 11 is 0. The lowest BCUT2D eigenvalue weighted by molar-refractivity contribution is -0.385. The van der Waals surface area contributed by atoms with E-state index in [0.29, 0.717) is 23.6 Å². The SMILES string of the molecule is COc1ccc(CN(C)C(=O)/C=C/c2ccccc2[N+](=O)[O-])c(OC)c1. The van der Waals surface area contributed by atoms with E-state index in [-0.39, 0.29) is 11.6 Å². The maximum Gasteiger partial charge on any atom is 0.276 e. The Balaban J connectivity index is 2.12. The zero-order chi connectivity index (χ0) is 19.1. The van der Waals surface area contributed by atoms with Crippen molar-refractivity contribution >= 4 is 17.7 Å². The lowest BCUT2D eigenvalue weighted by Crippen LogP contribution is -2.24. The lowest BCUT2D eigenvalue weighted by atomic mass is 10.1. The molecular weight excluding hydrogens is 336 g/mol. The molecule has 0 atom stereocenters. The van der Waals surface area contributed by atoms with Gasteiger partial charge in [-0.1, -0.05) is 12.1 Å². The van der Waals surface area contributed by atoms with Crippen LogP contribution < -0.4 is 9.47 Å². The third-order valence-corrected chi connectivity index (χ3v) is 3.82. The number of nitrogens with zero attached hydrogens (tertiary/aromatic N) is 2. The molecule has 0 aliphatic carbocycles. The van der Waals surface area contributed by atoms with Crippen LogP contribution >= 0.6 is 0 Å². The molecule has 0 radical (unpaired) electrons. The number of likely N-dealkylation sites (N-methyl/N-ethyl adjacent to an activating group) is 1. The Morgan fingerprint density at radius 2 is 1.92 bits per heavy atom. The highest BCUT2D eigenvalue weighted by Crippen LogP contribution is 2.25. The summed E-state index contributed by atoms with van der Waals surface area (Å²) < 4.78 is 10.5. The predicted octanol–water partition coefficient (Wildman–Crippen LogP) is 3.28. The Morgan fingerprint density at radius 3 is 2.58 bits per heavy atom. The molecule has 1 amide bonds. The lowest BCUT2D eigenvalue weighted by Gasteiger charge is -2.17. The van der Waals surface area contributed by atoms with Gasteiger partial charge in [0.05, 0.1) is 24.7 Å². The number of carbonyl (C=O) groups is 1.